The summed E-state index contributed by atoms with van der Waals surface area (Å²) in [6, 6.07) is 6.94. The van der Waals surface area contributed by atoms with Gasteiger partial charge in [-0.1, -0.05) is 32.9 Å². The Morgan fingerprint density at radius 2 is 1.78 bits per heavy atom. The molecule has 2 N–H and O–H groups in total. The molecule has 2 saturated heterocycles. The van der Waals surface area contributed by atoms with Gasteiger partial charge in [0.05, 0.1) is 25.3 Å². The third-order valence-corrected chi connectivity index (χ3v) is 14.4. The molecule has 0 spiro atoms. The van der Waals surface area contributed by atoms with Crippen molar-refractivity contribution < 1.29 is 33.7 Å². The summed E-state index contributed by atoms with van der Waals surface area (Å²) in [5.41, 5.74) is -1.01. The van der Waals surface area contributed by atoms with Crippen LogP contribution in [-0.4, -0.2) is 90.5 Å². The minimum Gasteiger partial charge on any atom is -0.497 e. The molecule has 1 saturated carbocycles. The Balaban J connectivity index is 1.82. The first kappa shape index (κ1) is 31.8. The zero-order valence-electron chi connectivity index (χ0n) is 26.3. The average molecular weight is 591 g/mol. The van der Waals surface area contributed by atoms with Crippen LogP contribution in [0.5, 0.6) is 5.75 Å². The summed E-state index contributed by atoms with van der Waals surface area (Å²) in [5.74, 6) is -0.0720. The van der Waals surface area contributed by atoms with Crippen LogP contribution >= 0.6 is 0 Å². The van der Waals surface area contributed by atoms with E-state index in [-0.39, 0.29) is 35.2 Å². The van der Waals surface area contributed by atoms with Gasteiger partial charge in [0, 0.05) is 37.5 Å². The number of hydrogen-bond acceptors (Lipinski definition) is 7. The van der Waals surface area contributed by atoms with E-state index in [0.29, 0.717) is 31.7 Å². The Kier molecular flexibility index (Phi) is 8.66. The highest BCUT2D eigenvalue weighted by Crippen LogP contribution is 2.59. The molecule has 4 bridgehead atoms. The van der Waals surface area contributed by atoms with Crippen molar-refractivity contribution in [3.05, 3.63) is 29.8 Å². The van der Waals surface area contributed by atoms with Crippen molar-refractivity contribution in [3.8, 4) is 5.75 Å². The predicted molar refractivity (Wildman–Crippen MR) is 159 cm³/mol. The van der Waals surface area contributed by atoms with Gasteiger partial charge in [-0.3, -0.25) is 4.79 Å². The van der Waals surface area contributed by atoms with E-state index in [2.05, 4.69) is 33.9 Å². The molecule has 3 fully saturated rings. The molecule has 0 radical (unpaired) electrons. The minimum atomic E-state index is -2.16. The van der Waals surface area contributed by atoms with Crippen LogP contribution in [0.2, 0.25) is 18.1 Å². The minimum absolute atomic E-state index is 0.0148. The van der Waals surface area contributed by atoms with Gasteiger partial charge in [-0.2, -0.15) is 0 Å². The molecule has 9 nitrogen and oxygen atoms in total. The average Bonchev–Trinajstić information content (AvgIpc) is 3.04. The van der Waals surface area contributed by atoms with Crippen molar-refractivity contribution in [3.63, 3.8) is 0 Å². The fourth-order valence-corrected chi connectivity index (χ4v) is 8.10. The van der Waals surface area contributed by atoms with Crippen molar-refractivity contribution >= 4 is 20.3 Å². The molecule has 2 aliphatic heterocycles. The number of rotatable bonds is 8. The van der Waals surface area contributed by atoms with Crippen molar-refractivity contribution in [1.29, 1.82) is 0 Å². The van der Waals surface area contributed by atoms with Gasteiger partial charge in [0.15, 0.2) is 8.32 Å². The molecule has 4 rings (SSSR count). The predicted octanol–water partition coefficient (Wildman–Crippen LogP) is 4.41. The molecule has 230 valence electrons. The van der Waals surface area contributed by atoms with E-state index in [4.69, 9.17) is 13.9 Å². The monoisotopic (exact) mass is 590 g/mol. The van der Waals surface area contributed by atoms with Gasteiger partial charge >= 0.3 is 6.09 Å². The molecule has 1 unspecified atom stereocenters. The number of methoxy groups -OCH3 is 1. The maximum Gasteiger partial charge on any atom is 0.410 e. The summed E-state index contributed by atoms with van der Waals surface area (Å²) < 4.78 is 17.9. The van der Waals surface area contributed by atoms with Gasteiger partial charge in [-0.05, 0) is 69.4 Å². The van der Waals surface area contributed by atoms with Gasteiger partial charge in [-0.15, -0.1) is 0 Å². The van der Waals surface area contributed by atoms with Crippen molar-refractivity contribution in [2.75, 3.05) is 26.9 Å². The largest absolute Gasteiger partial charge is 0.497 e. The molecule has 2 amide bonds. The lowest BCUT2D eigenvalue weighted by Gasteiger charge is -2.60. The van der Waals surface area contributed by atoms with E-state index in [1.807, 2.05) is 45.0 Å². The van der Waals surface area contributed by atoms with E-state index in [1.165, 1.54) is 0 Å². The number of amides is 2. The molecule has 0 aromatic heterocycles. The number of carbonyl (C=O) groups excluding carboxylic acids is 2. The number of aliphatic hydroxyl groups is 2. The topological polar surface area (TPSA) is 109 Å². The fraction of sp³-hybridized carbons (Fsp3) is 0.742. The first-order valence-corrected chi connectivity index (χ1v) is 17.8. The molecule has 1 aliphatic carbocycles. The zero-order chi connectivity index (χ0) is 30.5. The Labute approximate surface area is 246 Å². The number of piperidine rings is 1. The van der Waals surface area contributed by atoms with E-state index < -0.39 is 44.3 Å². The van der Waals surface area contributed by atoms with E-state index in [0.717, 1.165) is 5.56 Å². The van der Waals surface area contributed by atoms with Crippen LogP contribution in [0.25, 0.3) is 0 Å². The SMILES string of the molecule is COc1ccc(CN2C(=O)C3C[C@@H](CO[Si](C)(C)C(C)(C)C)[C@H]4N(C(=O)OC(C)(C)C)CC[C@H]3[C@]42[C@@H](O)CO)cc1. The molecule has 1 aromatic rings. The zero-order valence-corrected chi connectivity index (χ0v) is 27.3. The summed E-state index contributed by atoms with van der Waals surface area (Å²) in [4.78, 5) is 31.5. The lowest BCUT2D eigenvalue weighted by atomic mass is 9.57. The second kappa shape index (κ2) is 11.2. The Morgan fingerprint density at radius 1 is 1.15 bits per heavy atom. The number of ether oxygens (including phenoxy) is 2. The molecule has 10 heteroatoms. The second-order valence-corrected chi connectivity index (χ2v) is 19.4. The highest BCUT2D eigenvalue weighted by atomic mass is 28.4. The number of nitrogens with zero attached hydrogens (tertiary/aromatic N) is 2. The quantitative estimate of drug-likeness (QED) is 0.432. The summed E-state index contributed by atoms with van der Waals surface area (Å²) in [6.45, 7) is 17.0. The van der Waals surface area contributed by atoms with Gasteiger partial charge in [0.2, 0.25) is 5.91 Å². The number of benzene rings is 1. The van der Waals surface area contributed by atoms with Crippen LogP contribution in [0.4, 0.5) is 4.79 Å². The number of hydrogen-bond donors (Lipinski definition) is 2. The fourth-order valence-electron chi connectivity index (χ4n) is 7.03. The van der Waals surface area contributed by atoms with Crippen molar-refractivity contribution in [1.82, 2.24) is 9.80 Å². The maximum atomic E-state index is 14.2. The maximum absolute atomic E-state index is 14.2. The number of aliphatic hydroxyl groups excluding tert-OH is 2. The standard InChI is InChI=1S/C31H50N2O7Si/c1-29(2,3)40-28(37)32-15-14-24-23-16-21(19-39-41(8,9)30(4,5)6)26(32)31(24,25(35)18-34)33(27(23)36)17-20-10-12-22(38-7)13-11-20/h10-13,21,23-26,34-35H,14-19H2,1-9H3/t21-,23?,24+,25-,26+,31-/m0/s1. The second-order valence-electron chi connectivity index (χ2n) is 14.5. The number of carbonyl (C=O) groups is 2. The summed E-state index contributed by atoms with van der Waals surface area (Å²) >= 11 is 0. The van der Waals surface area contributed by atoms with Crippen LogP contribution in [0.15, 0.2) is 24.3 Å². The Hall–Kier alpha value is -2.14. The van der Waals surface area contributed by atoms with E-state index in [1.54, 1.807) is 16.9 Å². The van der Waals surface area contributed by atoms with Crippen LogP contribution in [0.1, 0.15) is 59.9 Å². The summed E-state index contributed by atoms with van der Waals surface area (Å²) in [6.07, 6.45) is -0.616. The van der Waals surface area contributed by atoms with Crippen molar-refractivity contribution in [2.45, 2.75) is 102 Å². The molecular formula is C31H50N2O7Si. The van der Waals surface area contributed by atoms with Crippen LogP contribution in [0.3, 0.4) is 0 Å². The molecular weight excluding hydrogens is 540 g/mol. The van der Waals surface area contributed by atoms with Gasteiger partial charge < -0.3 is 33.9 Å². The number of likely N-dealkylation sites (tertiary alicyclic amines) is 2. The Bertz CT molecular complexity index is 1110. The van der Waals surface area contributed by atoms with E-state index >= 15 is 0 Å². The third kappa shape index (κ3) is 5.64. The normalized spacial score (nSPS) is 29.0. The summed E-state index contributed by atoms with van der Waals surface area (Å²) in [5, 5.41) is 22.2. The van der Waals surface area contributed by atoms with Crippen LogP contribution in [-0.2, 0) is 20.5 Å². The lowest BCUT2D eigenvalue weighted by Crippen LogP contribution is -2.76. The molecule has 2 heterocycles. The molecule has 6 atom stereocenters. The first-order valence-electron chi connectivity index (χ1n) is 14.8. The first-order chi connectivity index (χ1) is 19.0. The van der Waals surface area contributed by atoms with Crippen molar-refractivity contribution in [2.24, 2.45) is 17.8 Å². The van der Waals surface area contributed by atoms with Gasteiger partial charge in [-0.25, -0.2) is 4.79 Å². The summed E-state index contributed by atoms with van der Waals surface area (Å²) in [7, 11) is -0.558. The van der Waals surface area contributed by atoms with Gasteiger partial charge in [0.1, 0.15) is 17.5 Å². The molecule has 3 aliphatic rings. The van der Waals surface area contributed by atoms with E-state index in [9.17, 15) is 19.8 Å². The lowest BCUT2D eigenvalue weighted by molar-refractivity contribution is -0.164. The van der Waals surface area contributed by atoms with Gasteiger partial charge in [0.25, 0.3) is 0 Å². The molecule has 1 aromatic carbocycles. The van der Waals surface area contributed by atoms with Crippen LogP contribution in [0, 0.1) is 17.8 Å². The third-order valence-electron chi connectivity index (χ3n) is 9.92. The smallest absolute Gasteiger partial charge is 0.410 e. The highest BCUT2D eigenvalue weighted by molar-refractivity contribution is 6.74. The highest BCUT2D eigenvalue weighted by Gasteiger charge is 2.72. The Morgan fingerprint density at radius 3 is 2.32 bits per heavy atom. The molecule has 41 heavy (non-hydrogen) atoms. The van der Waals surface area contributed by atoms with Crippen LogP contribution < -0.4 is 4.74 Å².